The minimum absolute atomic E-state index is 0.130. The monoisotopic (exact) mass is 345 g/mol. The third kappa shape index (κ3) is 6.51. The van der Waals surface area contributed by atoms with Crippen molar-refractivity contribution in [1.82, 2.24) is 10.6 Å². The lowest BCUT2D eigenvalue weighted by Gasteiger charge is -2.16. The molecular formula is C19H27N3O3. The average Bonchev–Trinajstić information content (AvgIpc) is 3.10. The first-order valence-electron chi connectivity index (χ1n) is 8.57. The minimum Gasteiger partial charge on any atom is -0.491 e. The topological polar surface area (TPSA) is 79.0 Å². The number of aliphatic hydroxyl groups is 1. The highest BCUT2D eigenvalue weighted by Gasteiger charge is 2.09. The number of aliphatic hydroxyl groups excluding tert-OH is 1. The predicted octanol–water partition coefficient (Wildman–Crippen LogP) is 2.86. The van der Waals surface area contributed by atoms with Crippen molar-refractivity contribution in [2.45, 2.75) is 39.5 Å². The lowest BCUT2D eigenvalue weighted by atomic mass is 10.1. The van der Waals surface area contributed by atoms with Gasteiger partial charge in [0.15, 0.2) is 5.96 Å². The highest BCUT2D eigenvalue weighted by atomic mass is 16.5. The van der Waals surface area contributed by atoms with E-state index >= 15 is 0 Å². The molecule has 2 rings (SSSR count). The van der Waals surface area contributed by atoms with Gasteiger partial charge in [-0.2, -0.15) is 0 Å². The molecule has 6 heteroatoms. The molecule has 0 saturated carbocycles. The molecule has 0 saturated heterocycles. The number of rotatable bonds is 8. The molecular weight excluding hydrogens is 318 g/mol. The summed E-state index contributed by atoms with van der Waals surface area (Å²) in [7, 11) is 0. The van der Waals surface area contributed by atoms with Gasteiger partial charge < -0.3 is 24.9 Å². The first kappa shape index (κ1) is 18.9. The van der Waals surface area contributed by atoms with E-state index in [1.807, 2.05) is 57.2 Å². The molecule has 1 unspecified atom stereocenters. The molecule has 0 fully saturated rings. The third-order valence-corrected chi connectivity index (χ3v) is 3.42. The van der Waals surface area contributed by atoms with Crippen molar-refractivity contribution in [2.75, 3.05) is 13.1 Å². The number of nitrogens with zero attached hydrogens (tertiary/aromatic N) is 1. The van der Waals surface area contributed by atoms with Gasteiger partial charge in [0.25, 0.3) is 0 Å². The first-order valence-corrected chi connectivity index (χ1v) is 8.57. The van der Waals surface area contributed by atoms with E-state index in [4.69, 9.17) is 9.15 Å². The van der Waals surface area contributed by atoms with E-state index in [-0.39, 0.29) is 6.10 Å². The fourth-order valence-corrected chi connectivity index (χ4v) is 2.25. The number of hydrogen-bond acceptors (Lipinski definition) is 4. The van der Waals surface area contributed by atoms with Gasteiger partial charge in [-0.1, -0.05) is 12.1 Å². The summed E-state index contributed by atoms with van der Waals surface area (Å²) < 4.78 is 10.9. The molecule has 6 nitrogen and oxygen atoms in total. The Bertz CT molecular complexity index is 636. The molecule has 0 aliphatic rings. The van der Waals surface area contributed by atoms with Crippen molar-refractivity contribution in [2.24, 2.45) is 4.99 Å². The minimum atomic E-state index is -0.638. The molecule has 136 valence electrons. The lowest BCUT2D eigenvalue weighted by molar-refractivity contribution is 0.180. The summed E-state index contributed by atoms with van der Waals surface area (Å²) in [6.45, 7) is 7.50. The maximum Gasteiger partial charge on any atom is 0.191 e. The van der Waals surface area contributed by atoms with Crippen LogP contribution in [0, 0.1) is 0 Å². The quantitative estimate of drug-likeness (QED) is 0.506. The molecule has 3 N–H and O–H groups in total. The average molecular weight is 345 g/mol. The van der Waals surface area contributed by atoms with Crippen LogP contribution >= 0.6 is 0 Å². The van der Waals surface area contributed by atoms with Gasteiger partial charge in [0.2, 0.25) is 0 Å². The number of ether oxygens (including phenoxy) is 1. The summed E-state index contributed by atoms with van der Waals surface area (Å²) in [6.07, 6.45) is 1.12. The Morgan fingerprint density at radius 1 is 1.20 bits per heavy atom. The molecule has 0 amide bonds. The van der Waals surface area contributed by atoms with Crippen molar-refractivity contribution < 1.29 is 14.3 Å². The number of nitrogens with one attached hydrogen (secondary N) is 2. The number of furan rings is 1. The van der Waals surface area contributed by atoms with Gasteiger partial charge in [0.1, 0.15) is 18.1 Å². The SMILES string of the molecule is CCNC(=NCc1ccco1)NCC(O)c1ccc(OC(C)C)cc1. The molecule has 25 heavy (non-hydrogen) atoms. The second-order valence-corrected chi connectivity index (χ2v) is 5.91. The molecule has 1 aromatic carbocycles. The second-order valence-electron chi connectivity index (χ2n) is 5.91. The Hall–Kier alpha value is -2.47. The van der Waals surface area contributed by atoms with E-state index in [0.29, 0.717) is 19.0 Å². The predicted molar refractivity (Wildman–Crippen MR) is 98.7 cm³/mol. The molecule has 0 spiro atoms. The van der Waals surface area contributed by atoms with Gasteiger partial charge in [-0.05, 0) is 50.6 Å². The van der Waals surface area contributed by atoms with Crippen molar-refractivity contribution in [3.8, 4) is 5.75 Å². The zero-order valence-electron chi connectivity index (χ0n) is 15.0. The zero-order chi connectivity index (χ0) is 18.1. The van der Waals surface area contributed by atoms with Crippen LogP contribution in [0.5, 0.6) is 5.75 Å². The van der Waals surface area contributed by atoms with Crippen LogP contribution in [0.1, 0.15) is 38.2 Å². The van der Waals surface area contributed by atoms with Gasteiger partial charge in [-0.15, -0.1) is 0 Å². The third-order valence-electron chi connectivity index (χ3n) is 3.42. The second kappa shape index (κ2) is 9.74. The smallest absolute Gasteiger partial charge is 0.191 e. The summed E-state index contributed by atoms with van der Waals surface area (Å²) in [5.74, 6) is 2.23. The van der Waals surface area contributed by atoms with E-state index < -0.39 is 6.10 Å². The van der Waals surface area contributed by atoms with Crippen LogP contribution in [-0.4, -0.2) is 30.3 Å². The highest BCUT2D eigenvalue weighted by Crippen LogP contribution is 2.18. The van der Waals surface area contributed by atoms with Crippen LogP contribution < -0.4 is 15.4 Å². The van der Waals surface area contributed by atoms with Crippen molar-refractivity contribution in [3.05, 3.63) is 54.0 Å². The molecule has 0 aliphatic heterocycles. The molecule has 0 radical (unpaired) electrons. The van der Waals surface area contributed by atoms with Crippen LogP contribution in [0.4, 0.5) is 0 Å². The first-order chi connectivity index (χ1) is 12.1. The summed E-state index contributed by atoms with van der Waals surface area (Å²) in [4.78, 5) is 4.44. The van der Waals surface area contributed by atoms with E-state index in [1.165, 1.54) is 0 Å². The molecule has 0 bridgehead atoms. The summed E-state index contributed by atoms with van der Waals surface area (Å²) >= 11 is 0. The maximum absolute atomic E-state index is 10.4. The van der Waals surface area contributed by atoms with E-state index in [1.54, 1.807) is 6.26 Å². The van der Waals surface area contributed by atoms with Gasteiger partial charge in [-0.3, -0.25) is 0 Å². The molecule has 1 atom stereocenters. The summed E-state index contributed by atoms with van der Waals surface area (Å²) in [5.41, 5.74) is 0.825. The number of aliphatic imine (C=N–C) groups is 1. The lowest BCUT2D eigenvalue weighted by Crippen LogP contribution is -2.39. The summed E-state index contributed by atoms with van der Waals surface area (Å²) in [5, 5.41) is 16.7. The Labute approximate surface area is 148 Å². The van der Waals surface area contributed by atoms with Crippen LogP contribution in [0.3, 0.4) is 0 Å². The standard InChI is InChI=1S/C19H27N3O3/c1-4-20-19(21-12-17-6-5-11-24-17)22-13-18(23)15-7-9-16(10-8-15)25-14(2)3/h5-11,14,18,23H,4,12-13H2,1-3H3,(H2,20,21,22). The molecule has 1 aromatic heterocycles. The van der Waals surface area contributed by atoms with Gasteiger partial charge >= 0.3 is 0 Å². The Morgan fingerprint density at radius 2 is 1.96 bits per heavy atom. The van der Waals surface area contributed by atoms with Crippen molar-refractivity contribution in [3.63, 3.8) is 0 Å². The molecule has 0 aliphatic carbocycles. The normalized spacial score (nSPS) is 12.9. The fraction of sp³-hybridized carbons (Fsp3) is 0.421. The van der Waals surface area contributed by atoms with Gasteiger partial charge in [0.05, 0.1) is 18.5 Å². The molecule has 1 heterocycles. The van der Waals surface area contributed by atoms with E-state index in [2.05, 4.69) is 15.6 Å². The van der Waals surface area contributed by atoms with Crippen LogP contribution in [0.15, 0.2) is 52.1 Å². The number of hydrogen-bond donors (Lipinski definition) is 3. The molecule has 2 aromatic rings. The van der Waals surface area contributed by atoms with Gasteiger partial charge in [-0.25, -0.2) is 4.99 Å². The van der Waals surface area contributed by atoms with Crippen LogP contribution in [-0.2, 0) is 6.54 Å². The van der Waals surface area contributed by atoms with Crippen molar-refractivity contribution >= 4 is 5.96 Å². The van der Waals surface area contributed by atoms with Crippen molar-refractivity contribution in [1.29, 1.82) is 0 Å². The maximum atomic E-state index is 10.4. The Kier molecular flexibility index (Phi) is 7.35. The largest absolute Gasteiger partial charge is 0.491 e. The fourth-order valence-electron chi connectivity index (χ4n) is 2.25. The Morgan fingerprint density at radius 3 is 2.56 bits per heavy atom. The van der Waals surface area contributed by atoms with Gasteiger partial charge in [0, 0.05) is 13.1 Å². The van der Waals surface area contributed by atoms with E-state index in [9.17, 15) is 5.11 Å². The van der Waals surface area contributed by atoms with Crippen LogP contribution in [0.25, 0.3) is 0 Å². The van der Waals surface area contributed by atoms with E-state index in [0.717, 1.165) is 23.6 Å². The number of benzene rings is 1. The van der Waals surface area contributed by atoms with Crippen LogP contribution in [0.2, 0.25) is 0 Å². The number of guanidine groups is 1. The highest BCUT2D eigenvalue weighted by molar-refractivity contribution is 5.79. The Balaban J connectivity index is 1.89. The summed E-state index contributed by atoms with van der Waals surface area (Å²) in [6, 6.07) is 11.2. The zero-order valence-corrected chi connectivity index (χ0v) is 15.0.